The van der Waals surface area contributed by atoms with Gasteiger partial charge in [-0.25, -0.2) is 0 Å². The molecule has 0 atom stereocenters. The monoisotopic (exact) mass is 342 g/mol. The van der Waals surface area contributed by atoms with Crippen molar-refractivity contribution in [2.24, 2.45) is 0 Å². The second-order valence-electron chi connectivity index (χ2n) is 5.66. The number of allylic oxidation sites excluding steroid dienone is 2. The van der Waals surface area contributed by atoms with Crippen LogP contribution in [-0.4, -0.2) is 17.0 Å². The summed E-state index contributed by atoms with van der Waals surface area (Å²) in [5.74, 6) is -0.102. The van der Waals surface area contributed by atoms with Crippen LogP contribution in [0.3, 0.4) is 0 Å². The van der Waals surface area contributed by atoms with Gasteiger partial charge in [0.25, 0.3) is 5.91 Å². The molecule has 0 fully saturated rings. The predicted molar refractivity (Wildman–Crippen MR) is 102 cm³/mol. The highest BCUT2D eigenvalue weighted by Gasteiger charge is 2.14. The number of nitrogens with zero attached hydrogens (tertiary/aromatic N) is 1. The Morgan fingerprint density at radius 2 is 2.12 bits per heavy atom. The molecule has 2 aromatic rings. The van der Waals surface area contributed by atoms with E-state index in [1.807, 2.05) is 30.5 Å². The molecular weight excluding hydrogens is 320 g/mol. The van der Waals surface area contributed by atoms with E-state index in [4.69, 9.17) is 11.6 Å². The van der Waals surface area contributed by atoms with E-state index in [1.54, 1.807) is 12.2 Å². The number of carbonyl (C=O) groups excluding carboxylic acids is 1. The highest BCUT2D eigenvalue weighted by atomic mass is 35.5. The number of para-hydroxylation sites is 1. The predicted octanol–water partition coefficient (Wildman–Crippen LogP) is 5.04. The second kappa shape index (κ2) is 8.55. The Hall–Kier alpha value is -2.26. The highest BCUT2D eigenvalue weighted by molar-refractivity contribution is 6.30. The lowest BCUT2D eigenvalue weighted by atomic mass is 10.1. The minimum atomic E-state index is -0.102. The summed E-state index contributed by atoms with van der Waals surface area (Å²) in [6.45, 7) is 10.8. The van der Waals surface area contributed by atoms with Crippen molar-refractivity contribution in [3.63, 3.8) is 0 Å². The molecule has 0 aliphatic rings. The molecule has 0 bridgehead atoms. The van der Waals surface area contributed by atoms with E-state index in [1.165, 1.54) is 0 Å². The molecule has 0 saturated carbocycles. The Morgan fingerprint density at radius 3 is 2.79 bits per heavy atom. The molecule has 0 saturated heterocycles. The van der Waals surface area contributed by atoms with Crippen LogP contribution in [0.4, 0.5) is 0 Å². The van der Waals surface area contributed by atoms with Gasteiger partial charge in [-0.3, -0.25) is 4.79 Å². The van der Waals surface area contributed by atoms with Crippen molar-refractivity contribution in [2.75, 3.05) is 6.54 Å². The molecule has 3 nitrogen and oxygen atoms in total. The van der Waals surface area contributed by atoms with Gasteiger partial charge >= 0.3 is 0 Å². The number of unbranched alkanes of at least 4 members (excludes halogenated alkanes) is 1. The number of nitrogens with one attached hydrogen (secondary N) is 1. The fraction of sp³-hybridized carbons (Fsp3) is 0.250. The number of aromatic nitrogens is 1. The molecule has 24 heavy (non-hydrogen) atoms. The number of halogens is 1. The number of hydrogen-bond acceptors (Lipinski definition) is 1. The van der Waals surface area contributed by atoms with Crippen LogP contribution in [0, 0.1) is 0 Å². The lowest BCUT2D eigenvalue weighted by molar-refractivity contribution is 0.0958. The van der Waals surface area contributed by atoms with Gasteiger partial charge < -0.3 is 9.88 Å². The maximum absolute atomic E-state index is 12.6. The third kappa shape index (κ3) is 4.39. The van der Waals surface area contributed by atoms with E-state index < -0.39 is 0 Å². The van der Waals surface area contributed by atoms with Crippen molar-refractivity contribution in [1.82, 2.24) is 9.88 Å². The highest BCUT2D eigenvalue weighted by Crippen LogP contribution is 2.22. The van der Waals surface area contributed by atoms with Crippen molar-refractivity contribution < 1.29 is 4.79 Å². The molecular formula is C20H23ClN2O. The fourth-order valence-electron chi connectivity index (χ4n) is 2.60. The van der Waals surface area contributed by atoms with Crippen molar-refractivity contribution in [3.8, 4) is 0 Å². The van der Waals surface area contributed by atoms with Gasteiger partial charge in [0.05, 0.1) is 5.56 Å². The first kappa shape index (κ1) is 18.1. The molecule has 1 amide bonds. The van der Waals surface area contributed by atoms with Gasteiger partial charge in [0.15, 0.2) is 0 Å². The molecule has 1 aromatic carbocycles. The average Bonchev–Trinajstić information content (AvgIpc) is 2.95. The minimum absolute atomic E-state index is 0.102. The van der Waals surface area contributed by atoms with E-state index in [9.17, 15) is 4.79 Å². The first-order chi connectivity index (χ1) is 11.6. The molecule has 2 rings (SSSR count). The van der Waals surface area contributed by atoms with Gasteiger partial charge in [0.1, 0.15) is 0 Å². The summed E-state index contributed by atoms with van der Waals surface area (Å²) < 4.78 is 2.15. The van der Waals surface area contributed by atoms with Crippen LogP contribution < -0.4 is 5.32 Å². The lowest BCUT2D eigenvalue weighted by Crippen LogP contribution is -2.25. The third-order valence-corrected chi connectivity index (χ3v) is 3.95. The van der Waals surface area contributed by atoms with Crippen LogP contribution in [0.25, 0.3) is 10.9 Å². The number of aryl methyl sites for hydroxylation is 1. The van der Waals surface area contributed by atoms with Gasteiger partial charge in [-0.05, 0) is 24.1 Å². The largest absolute Gasteiger partial charge is 0.348 e. The SMILES string of the molecule is C=C/C(=C\C(=C)Cl)CNC(=O)c1cn(CCCC)c2ccccc12. The van der Waals surface area contributed by atoms with Crippen LogP contribution in [-0.2, 0) is 6.54 Å². The van der Waals surface area contributed by atoms with Gasteiger partial charge in [-0.15, -0.1) is 0 Å². The maximum Gasteiger partial charge on any atom is 0.253 e. The molecule has 1 heterocycles. The first-order valence-corrected chi connectivity index (χ1v) is 8.48. The molecule has 0 spiro atoms. The molecule has 1 aromatic heterocycles. The summed E-state index contributed by atoms with van der Waals surface area (Å²) in [5, 5.41) is 4.31. The second-order valence-corrected chi connectivity index (χ2v) is 6.15. The van der Waals surface area contributed by atoms with Crippen molar-refractivity contribution in [1.29, 1.82) is 0 Å². The van der Waals surface area contributed by atoms with Gasteiger partial charge in [-0.1, -0.05) is 62.4 Å². The van der Waals surface area contributed by atoms with Crippen LogP contribution >= 0.6 is 11.6 Å². The lowest BCUT2D eigenvalue weighted by Gasteiger charge is -2.05. The van der Waals surface area contributed by atoms with E-state index in [0.717, 1.165) is 35.9 Å². The number of fused-ring (bicyclic) bond motifs is 1. The number of carbonyl (C=O) groups is 1. The van der Waals surface area contributed by atoms with E-state index in [2.05, 4.69) is 30.0 Å². The van der Waals surface area contributed by atoms with Crippen molar-refractivity contribution in [2.45, 2.75) is 26.3 Å². The van der Waals surface area contributed by atoms with Crippen molar-refractivity contribution in [3.05, 3.63) is 71.9 Å². The fourth-order valence-corrected chi connectivity index (χ4v) is 2.74. The topological polar surface area (TPSA) is 34.0 Å². The van der Waals surface area contributed by atoms with E-state index in [0.29, 0.717) is 17.1 Å². The molecule has 126 valence electrons. The maximum atomic E-state index is 12.6. The normalized spacial score (nSPS) is 11.5. The Kier molecular flexibility index (Phi) is 6.44. The first-order valence-electron chi connectivity index (χ1n) is 8.10. The zero-order chi connectivity index (χ0) is 17.5. The quantitative estimate of drug-likeness (QED) is 0.670. The standard InChI is InChI=1S/C20H23ClN2O/c1-4-6-11-23-14-18(17-9-7-8-10-19(17)23)20(24)22-13-16(5-2)12-15(3)21/h5,7-10,12,14H,2-4,6,11,13H2,1H3,(H,22,24)/b16-12+. The number of rotatable bonds is 8. The van der Waals surface area contributed by atoms with Crippen LogP contribution in [0.5, 0.6) is 0 Å². The van der Waals surface area contributed by atoms with E-state index in [-0.39, 0.29) is 5.91 Å². The van der Waals surface area contributed by atoms with Gasteiger partial charge in [0, 0.05) is 35.2 Å². The molecule has 4 heteroatoms. The molecule has 1 N–H and O–H groups in total. The summed E-state index contributed by atoms with van der Waals surface area (Å²) in [5.41, 5.74) is 2.60. The minimum Gasteiger partial charge on any atom is -0.348 e. The van der Waals surface area contributed by atoms with Crippen molar-refractivity contribution >= 4 is 28.4 Å². The van der Waals surface area contributed by atoms with Gasteiger partial charge in [0.2, 0.25) is 0 Å². The number of amides is 1. The van der Waals surface area contributed by atoms with Crippen LogP contribution in [0.2, 0.25) is 0 Å². The third-order valence-electron chi connectivity index (χ3n) is 3.84. The molecule has 0 aliphatic carbocycles. The number of hydrogen-bond donors (Lipinski definition) is 1. The zero-order valence-electron chi connectivity index (χ0n) is 14.0. The summed E-state index contributed by atoms with van der Waals surface area (Å²) in [6, 6.07) is 7.98. The molecule has 0 aliphatic heterocycles. The Balaban J connectivity index is 2.23. The van der Waals surface area contributed by atoms with E-state index >= 15 is 0 Å². The Labute approximate surface area is 148 Å². The summed E-state index contributed by atoms with van der Waals surface area (Å²) in [4.78, 5) is 12.6. The summed E-state index contributed by atoms with van der Waals surface area (Å²) in [7, 11) is 0. The summed E-state index contributed by atoms with van der Waals surface area (Å²) >= 11 is 5.78. The average molecular weight is 343 g/mol. The smallest absolute Gasteiger partial charge is 0.253 e. The van der Waals surface area contributed by atoms with Gasteiger partial charge in [-0.2, -0.15) is 0 Å². The number of benzene rings is 1. The Bertz CT molecular complexity index is 786. The summed E-state index contributed by atoms with van der Waals surface area (Å²) in [6.07, 6.45) is 7.50. The Morgan fingerprint density at radius 1 is 1.38 bits per heavy atom. The van der Waals surface area contributed by atoms with Crippen LogP contribution in [0.1, 0.15) is 30.1 Å². The molecule has 0 unspecified atom stereocenters. The molecule has 0 radical (unpaired) electrons. The van der Waals surface area contributed by atoms with Crippen LogP contribution in [0.15, 0.2) is 66.4 Å². The zero-order valence-corrected chi connectivity index (χ0v) is 14.8.